The molecule has 0 N–H and O–H groups in total. The van der Waals surface area contributed by atoms with Crippen LogP contribution in [0.2, 0.25) is 0 Å². The van der Waals surface area contributed by atoms with Crippen molar-refractivity contribution in [1.29, 1.82) is 0 Å². The lowest BCUT2D eigenvalue weighted by atomic mass is 10.1. The highest BCUT2D eigenvalue weighted by atomic mass is 32.1. The summed E-state index contributed by atoms with van der Waals surface area (Å²) in [4.78, 5) is 18.8. The fourth-order valence-corrected chi connectivity index (χ4v) is 4.79. The van der Waals surface area contributed by atoms with Gasteiger partial charge in [0, 0.05) is 37.4 Å². The number of amides is 1. The molecule has 2 aromatic carbocycles. The second-order valence-electron chi connectivity index (χ2n) is 7.54. The highest BCUT2D eigenvalue weighted by Crippen LogP contribution is 2.33. The number of aromatic nitrogens is 1. The first-order valence-electron chi connectivity index (χ1n) is 10.4. The van der Waals surface area contributed by atoms with Crippen LogP contribution >= 0.6 is 11.3 Å². The molecule has 2 aromatic heterocycles. The number of hydrogen-bond donors (Lipinski definition) is 0. The van der Waals surface area contributed by atoms with Gasteiger partial charge in [-0.15, -0.1) is 0 Å². The molecule has 166 valence electrons. The van der Waals surface area contributed by atoms with E-state index in [2.05, 4.69) is 4.98 Å². The van der Waals surface area contributed by atoms with Gasteiger partial charge in [-0.1, -0.05) is 23.5 Å². The normalized spacial score (nSPS) is 14.9. The molecule has 0 aliphatic carbocycles. The first-order valence-corrected chi connectivity index (χ1v) is 11.2. The van der Waals surface area contributed by atoms with E-state index >= 15 is 0 Å². The number of thiazole rings is 1. The minimum Gasteiger partial charge on any atom is -0.490 e. The Bertz CT molecular complexity index is 1290. The molecular formula is C23H20F2N2O4S. The average Bonchev–Trinajstić information content (AvgIpc) is 3.39. The van der Waals surface area contributed by atoms with Crippen LogP contribution in [0, 0.1) is 11.6 Å². The molecule has 1 saturated heterocycles. The number of hydrogen-bond acceptors (Lipinski definition) is 6. The smallest absolute Gasteiger partial charge is 0.289 e. The molecule has 5 rings (SSSR count). The number of likely N-dealkylation sites (tertiary alicyclic amines) is 1. The molecule has 6 nitrogen and oxygen atoms in total. The Labute approximate surface area is 186 Å². The molecule has 3 heterocycles. The van der Waals surface area contributed by atoms with Gasteiger partial charge in [0.2, 0.25) is 0 Å². The fraction of sp³-hybridized carbons (Fsp3) is 0.304. The van der Waals surface area contributed by atoms with Crippen LogP contribution in [0.4, 0.5) is 8.78 Å². The molecule has 1 aliphatic rings. The number of ether oxygens (including phenoxy) is 2. The molecule has 0 saturated carbocycles. The highest BCUT2D eigenvalue weighted by Gasteiger charge is 2.28. The molecule has 9 heteroatoms. The lowest BCUT2D eigenvalue weighted by molar-refractivity contribution is 0.0568. The maximum atomic E-state index is 13.9. The molecule has 0 unspecified atom stereocenters. The standard InChI is InChI=1S/C23H20F2N2O4S/c1-2-29-17-5-3-4-13-10-18(31-21(13)17)22(28)27-8-6-15(7-9-27)30-23-26-20-16(25)11-14(24)12-19(20)32-23/h3-5,10-12,15H,2,6-9H2,1H3. The van der Waals surface area contributed by atoms with Crippen molar-refractivity contribution >= 4 is 38.4 Å². The summed E-state index contributed by atoms with van der Waals surface area (Å²) in [6.45, 7) is 3.38. The average molecular weight is 458 g/mol. The summed E-state index contributed by atoms with van der Waals surface area (Å²) in [5, 5.41) is 1.12. The molecule has 0 spiro atoms. The molecule has 0 atom stereocenters. The van der Waals surface area contributed by atoms with Crippen molar-refractivity contribution in [3.8, 4) is 10.9 Å². The Morgan fingerprint density at radius 2 is 2.06 bits per heavy atom. The van der Waals surface area contributed by atoms with E-state index in [9.17, 15) is 13.6 Å². The van der Waals surface area contributed by atoms with Gasteiger partial charge in [0.25, 0.3) is 11.1 Å². The Hall–Kier alpha value is -3.20. The van der Waals surface area contributed by atoms with Crippen molar-refractivity contribution in [2.24, 2.45) is 0 Å². The van der Waals surface area contributed by atoms with Gasteiger partial charge >= 0.3 is 0 Å². The summed E-state index contributed by atoms with van der Waals surface area (Å²) < 4.78 is 45.0. The Morgan fingerprint density at radius 1 is 1.25 bits per heavy atom. The van der Waals surface area contributed by atoms with E-state index in [0.717, 1.165) is 22.8 Å². The first kappa shape index (κ1) is 20.7. The lowest BCUT2D eigenvalue weighted by Crippen LogP contribution is -2.41. The summed E-state index contributed by atoms with van der Waals surface area (Å²) in [6, 6.07) is 9.35. The fourth-order valence-electron chi connectivity index (χ4n) is 3.87. The van der Waals surface area contributed by atoms with E-state index in [0.29, 0.717) is 53.8 Å². The molecular weight excluding hydrogens is 438 g/mol. The quantitative estimate of drug-likeness (QED) is 0.401. The monoisotopic (exact) mass is 458 g/mol. The number of benzene rings is 2. The Morgan fingerprint density at radius 3 is 2.84 bits per heavy atom. The molecule has 0 radical (unpaired) electrons. The van der Waals surface area contributed by atoms with E-state index in [1.165, 1.54) is 6.07 Å². The highest BCUT2D eigenvalue weighted by molar-refractivity contribution is 7.20. The van der Waals surface area contributed by atoms with Crippen LogP contribution in [-0.4, -0.2) is 41.6 Å². The van der Waals surface area contributed by atoms with Gasteiger partial charge in [0.15, 0.2) is 22.9 Å². The maximum Gasteiger partial charge on any atom is 0.289 e. The van der Waals surface area contributed by atoms with Crippen molar-refractivity contribution in [2.75, 3.05) is 19.7 Å². The molecule has 4 aromatic rings. The molecule has 1 fully saturated rings. The number of carbonyl (C=O) groups excluding carboxylic acids is 1. The van der Waals surface area contributed by atoms with Gasteiger partial charge in [-0.2, -0.15) is 4.98 Å². The second-order valence-corrected chi connectivity index (χ2v) is 8.53. The zero-order valence-electron chi connectivity index (χ0n) is 17.3. The van der Waals surface area contributed by atoms with Gasteiger partial charge in [-0.25, -0.2) is 8.78 Å². The number of para-hydroxylation sites is 1. The van der Waals surface area contributed by atoms with E-state index in [-0.39, 0.29) is 23.3 Å². The molecule has 32 heavy (non-hydrogen) atoms. The van der Waals surface area contributed by atoms with Crippen LogP contribution in [0.1, 0.15) is 30.3 Å². The van der Waals surface area contributed by atoms with Crippen LogP contribution in [0.3, 0.4) is 0 Å². The Kier molecular flexibility index (Phi) is 5.42. The van der Waals surface area contributed by atoms with E-state index in [1.807, 2.05) is 25.1 Å². The maximum absolute atomic E-state index is 13.9. The number of piperidine rings is 1. The van der Waals surface area contributed by atoms with Gasteiger partial charge in [0.1, 0.15) is 17.4 Å². The Balaban J connectivity index is 1.25. The van der Waals surface area contributed by atoms with Gasteiger partial charge in [0.05, 0.1) is 11.3 Å². The number of halogens is 2. The summed E-state index contributed by atoms with van der Waals surface area (Å²) in [5.41, 5.74) is 0.672. The van der Waals surface area contributed by atoms with Gasteiger partial charge in [-0.05, 0) is 25.1 Å². The van der Waals surface area contributed by atoms with Crippen molar-refractivity contribution in [3.05, 3.63) is 53.8 Å². The number of fused-ring (bicyclic) bond motifs is 2. The van der Waals surface area contributed by atoms with E-state index in [1.54, 1.807) is 11.0 Å². The van der Waals surface area contributed by atoms with E-state index < -0.39 is 11.6 Å². The van der Waals surface area contributed by atoms with Gasteiger partial charge in [-0.3, -0.25) is 4.79 Å². The number of nitrogens with zero attached hydrogens (tertiary/aromatic N) is 2. The van der Waals surface area contributed by atoms with Crippen LogP contribution < -0.4 is 9.47 Å². The third kappa shape index (κ3) is 3.88. The summed E-state index contributed by atoms with van der Waals surface area (Å²) in [6.07, 6.45) is 1.04. The predicted molar refractivity (Wildman–Crippen MR) is 116 cm³/mol. The van der Waals surface area contributed by atoms with Crippen molar-refractivity contribution in [1.82, 2.24) is 9.88 Å². The molecule has 1 aliphatic heterocycles. The topological polar surface area (TPSA) is 64.8 Å². The largest absolute Gasteiger partial charge is 0.490 e. The minimum atomic E-state index is -0.704. The number of furan rings is 1. The number of carbonyl (C=O) groups is 1. The lowest BCUT2D eigenvalue weighted by Gasteiger charge is -2.31. The third-order valence-corrected chi connectivity index (χ3v) is 6.30. The van der Waals surface area contributed by atoms with Crippen molar-refractivity contribution in [3.63, 3.8) is 0 Å². The van der Waals surface area contributed by atoms with Gasteiger partial charge < -0.3 is 18.8 Å². The minimum absolute atomic E-state index is 0.107. The third-order valence-electron chi connectivity index (χ3n) is 5.41. The summed E-state index contributed by atoms with van der Waals surface area (Å²) in [5.74, 6) is -0.640. The summed E-state index contributed by atoms with van der Waals surface area (Å²) in [7, 11) is 0. The van der Waals surface area contributed by atoms with Crippen molar-refractivity contribution < 1.29 is 27.5 Å². The van der Waals surface area contributed by atoms with Crippen LogP contribution in [0.15, 0.2) is 40.8 Å². The molecule has 0 bridgehead atoms. The second kappa shape index (κ2) is 8.38. The SMILES string of the molecule is CCOc1cccc2cc(C(=O)N3CCC(Oc4nc5c(F)cc(F)cc5s4)CC3)oc12. The summed E-state index contributed by atoms with van der Waals surface area (Å²) >= 11 is 1.11. The zero-order chi connectivity index (χ0) is 22.2. The van der Waals surface area contributed by atoms with Crippen LogP contribution in [0.25, 0.3) is 21.2 Å². The first-order chi connectivity index (χ1) is 15.5. The van der Waals surface area contributed by atoms with Crippen molar-refractivity contribution in [2.45, 2.75) is 25.9 Å². The number of rotatable bonds is 5. The zero-order valence-corrected chi connectivity index (χ0v) is 18.1. The molecule has 1 amide bonds. The van der Waals surface area contributed by atoms with Crippen LogP contribution in [-0.2, 0) is 0 Å². The predicted octanol–water partition coefficient (Wildman–Crippen LogP) is 5.40. The van der Waals surface area contributed by atoms with Crippen LogP contribution in [0.5, 0.6) is 10.9 Å². The van der Waals surface area contributed by atoms with E-state index in [4.69, 9.17) is 13.9 Å².